The zero-order valence-electron chi connectivity index (χ0n) is 19.1. The van der Waals surface area contributed by atoms with Crippen LogP contribution in [0, 0.1) is 35.3 Å². The van der Waals surface area contributed by atoms with E-state index in [1.807, 2.05) is 0 Å². The van der Waals surface area contributed by atoms with Crippen LogP contribution in [0.3, 0.4) is 0 Å². The first-order valence-corrected chi connectivity index (χ1v) is 12.2. The molecule has 2 aromatic heterocycles. The van der Waals surface area contributed by atoms with Crippen LogP contribution in [0.5, 0.6) is 5.75 Å². The number of nitrogens with zero attached hydrogens (tertiary/aromatic N) is 5. The molecule has 3 aliphatic rings. The zero-order valence-corrected chi connectivity index (χ0v) is 19.9. The van der Waals surface area contributed by atoms with E-state index in [4.69, 9.17) is 16.3 Å². The Hall–Kier alpha value is -2.52. The second-order valence-corrected chi connectivity index (χ2v) is 10.4. The van der Waals surface area contributed by atoms with Gasteiger partial charge in [-0.15, -0.1) is 0 Å². The van der Waals surface area contributed by atoms with Crippen molar-refractivity contribution in [3.05, 3.63) is 35.2 Å². The number of ether oxygens (including phenoxy) is 1. The van der Waals surface area contributed by atoms with Crippen LogP contribution in [0.25, 0.3) is 16.9 Å². The molecule has 3 aromatic rings. The number of halogens is 3. The first-order valence-electron chi connectivity index (χ1n) is 11.9. The highest BCUT2D eigenvalue weighted by Gasteiger charge is 2.54. The van der Waals surface area contributed by atoms with Crippen molar-refractivity contribution in [3.63, 3.8) is 0 Å². The fraction of sp³-hybridized carbons (Fsp3) is 0.542. The Bertz CT molecular complexity index is 1210. The Morgan fingerprint density at radius 3 is 2.53 bits per heavy atom. The first-order chi connectivity index (χ1) is 16.4. The molecule has 6 rings (SSSR count). The van der Waals surface area contributed by atoms with Crippen molar-refractivity contribution in [1.29, 1.82) is 0 Å². The van der Waals surface area contributed by atoms with E-state index >= 15 is 8.78 Å². The van der Waals surface area contributed by atoms with Crippen LogP contribution >= 0.6 is 11.6 Å². The van der Waals surface area contributed by atoms with Gasteiger partial charge in [0.05, 0.1) is 17.7 Å². The summed E-state index contributed by atoms with van der Waals surface area (Å²) in [4.78, 5) is 10.6. The van der Waals surface area contributed by atoms with Crippen LogP contribution in [0.2, 0.25) is 5.15 Å². The molecule has 3 fully saturated rings. The second-order valence-electron chi connectivity index (χ2n) is 10.0. The topological polar surface area (TPSA) is 67.6 Å². The normalized spacial score (nSPS) is 25.3. The Morgan fingerprint density at radius 1 is 1.18 bits per heavy atom. The summed E-state index contributed by atoms with van der Waals surface area (Å²) >= 11 is 6.47. The minimum atomic E-state index is -0.756. The number of fused-ring (bicyclic) bond motifs is 2. The van der Waals surface area contributed by atoms with Crippen molar-refractivity contribution in [3.8, 4) is 16.9 Å². The van der Waals surface area contributed by atoms with Gasteiger partial charge in [-0.3, -0.25) is 0 Å². The summed E-state index contributed by atoms with van der Waals surface area (Å²) in [5, 5.41) is 7.57. The Balaban J connectivity index is 1.31. The number of aromatic nitrogens is 4. The van der Waals surface area contributed by atoms with Gasteiger partial charge >= 0.3 is 0 Å². The summed E-state index contributed by atoms with van der Waals surface area (Å²) in [7, 11) is 2.11. The first kappa shape index (κ1) is 22.0. The third kappa shape index (κ3) is 3.69. The van der Waals surface area contributed by atoms with Crippen molar-refractivity contribution in [2.24, 2.45) is 23.7 Å². The number of rotatable bonds is 7. The molecule has 1 aromatic carbocycles. The summed E-state index contributed by atoms with van der Waals surface area (Å²) in [5.74, 6) is 1.51. The van der Waals surface area contributed by atoms with Crippen LogP contribution in [0.15, 0.2) is 18.5 Å². The molecule has 180 valence electrons. The maximum absolute atomic E-state index is 15.4. The van der Waals surface area contributed by atoms with Crippen LogP contribution in [-0.2, 0) is 0 Å². The van der Waals surface area contributed by atoms with Gasteiger partial charge < -0.3 is 15.0 Å². The van der Waals surface area contributed by atoms with E-state index in [1.54, 1.807) is 0 Å². The highest BCUT2D eigenvalue weighted by molar-refractivity contribution is 6.33. The highest BCUT2D eigenvalue weighted by Crippen LogP contribution is 2.51. The van der Waals surface area contributed by atoms with E-state index in [9.17, 15) is 0 Å². The molecular formula is C24H27ClF2N6O. The minimum absolute atomic E-state index is 0.0368. The molecule has 0 bridgehead atoms. The number of hydrogen-bond acceptors (Lipinski definition) is 6. The predicted octanol–water partition coefficient (Wildman–Crippen LogP) is 4.51. The highest BCUT2D eigenvalue weighted by atomic mass is 35.5. The minimum Gasteiger partial charge on any atom is -0.493 e. The van der Waals surface area contributed by atoms with Gasteiger partial charge in [-0.05, 0) is 44.6 Å². The average Bonchev–Trinajstić information content (AvgIpc) is 3.06. The van der Waals surface area contributed by atoms with Crippen molar-refractivity contribution in [2.45, 2.75) is 32.2 Å². The number of hydrogen-bond donors (Lipinski definition) is 1. The van der Waals surface area contributed by atoms with Crippen molar-refractivity contribution >= 4 is 23.2 Å². The molecule has 4 atom stereocenters. The number of anilines is 1. The lowest BCUT2D eigenvalue weighted by Crippen LogP contribution is -2.32. The van der Waals surface area contributed by atoms with Crippen LogP contribution < -0.4 is 10.1 Å². The van der Waals surface area contributed by atoms with Crippen molar-refractivity contribution in [1.82, 2.24) is 24.5 Å². The zero-order chi connectivity index (χ0) is 23.6. The van der Waals surface area contributed by atoms with Gasteiger partial charge in [0.15, 0.2) is 0 Å². The number of piperidine rings is 1. The smallest absolute Gasteiger partial charge is 0.255 e. The molecule has 2 aliphatic carbocycles. The maximum atomic E-state index is 15.4. The monoisotopic (exact) mass is 488 g/mol. The lowest BCUT2D eigenvalue weighted by molar-refractivity contribution is 0.251. The molecular weight excluding hydrogens is 462 g/mol. The summed E-state index contributed by atoms with van der Waals surface area (Å²) in [6.45, 7) is 4.65. The third-order valence-corrected chi connectivity index (χ3v) is 8.14. The van der Waals surface area contributed by atoms with Crippen LogP contribution in [-0.4, -0.2) is 57.3 Å². The van der Waals surface area contributed by atoms with Gasteiger partial charge in [0.1, 0.15) is 34.7 Å². The molecule has 0 radical (unpaired) electrons. The van der Waals surface area contributed by atoms with Crippen LogP contribution in [0.1, 0.15) is 26.2 Å². The quantitative estimate of drug-likeness (QED) is 0.493. The second kappa shape index (κ2) is 8.30. The lowest BCUT2D eigenvalue weighted by Gasteiger charge is -2.33. The van der Waals surface area contributed by atoms with Gasteiger partial charge in [-0.25, -0.2) is 8.78 Å². The molecule has 0 spiro atoms. The van der Waals surface area contributed by atoms with E-state index in [-0.39, 0.29) is 33.8 Å². The lowest BCUT2D eigenvalue weighted by atomic mass is 9.80. The Kier molecular flexibility index (Phi) is 5.37. The Morgan fingerprint density at radius 2 is 1.88 bits per heavy atom. The van der Waals surface area contributed by atoms with Gasteiger partial charge in [-0.1, -0.05) is 18.0 Å². The van der Waals surface area contributed by atoms with Gasteiger partial charge in [0, 0.05) is 37.2 Å². The van der Waals surface area contributed by atoms with Crippen molar-refractivity contribution < 1.29 is 13.5 Å². The molecule has 34 heavy (non-hydrogen) atoms. The SMILES string of the molecule is C[C@@H](Nc1c(-c2c(F)cc(OCC3[C@H]4CN(C)C[C@@H]34)cc2F)c(Cl)nc2ncnn12)C1CCC1. The average molecular weight is 489 g/mol. The molecule has 10 heteroatoms. The number of benzene rings is 1. The number of nitrogens with one attached hydrogen (secondary N) is 1. The number of likely N-dealkylation sites (tertiary alicyclic amines) is 1. The fourth-order valence-electron chi connectivity index (χ4n) is 5.62. The Labute approximate surface area is 201 Å². The van der Waals surface area contributed by atoms with Gasteiger partial charge in [-0.2, -0.15) is 19.6 Å². The molecule has 1 aliphatic heterocycles. The summed E-state index contributed by atoms with van der Waals surface area (Å²) in [5.41, 5.74) is -0.123. The molecule has 2 saturated carbocycles. The van der Waals surface area contributed by atoms with Crippen molar-refractivity contribution in [2.75, 3.05) is 32.1 Å². The summed E-state index contributed by atoms with van der Waals surface area (Å²) < 4.78 is 38.0. The van der Waals surface area contributed by atoms with E-state index in [1.165, 1.54) is 29.4 Å². The van der Waals surface area contributed by atoms with Crippen LogP contribution in [0.4, 0.5) is 14.6 Å². The van der Waals surface area contributed by atoms with Gasteiger partial charge in [0.25, 0.3) is 5.78 Å². The standard InChI is InChI=1S/C24H27ClF2N6O/c1-12(13-4-3-5-13)30-23-21(22(25)31-24-28-11-29-33(23)24)20-18(26)6-14(7-19(20)27)34-10-17-15-8-32(2)9-16(15)17/h6-7,11-13,15-17,30H,3-5,8-10H2,1-2H3/t12-,15-,16+,17?/m1/s1. The van der Waals surface area contributed by atoms with Gasteiger partial charge in [0.2, 0.25) is 0 Å². The molecule has 3 heterocycles. The molecule has 0 amide bonds. The maximum Gasteiger partial charge on any atom is 0.255 e. The molecule has 1 saturated heterocycles. The third-order valence-electron chi connectivity index (χ3n) is 7.87. The predicted molar refractivity (Wildman–Crippen MR) is 125 cm³/mol. The van der Waals surface area contributed by atoms with E-state index in [0.717, 1.165) is 25.9 Å². The van der Waals surface area contributed by atoms with E-state index in [2.05, 4.69) is 39.3 Å². The fourth-order valence-corrected chi connectivity index (χ4v) is 5.88. The van der Waals surface area contributed by atoms with E-state index < -0.39 is 11.6 Å². The molecule has 1 unspecified atom stereocenters. The summed E-state index contributed by atoms with van der Waals surface area (Å²) in [6, 6.07) is 2.53. The molecule has 1 N–H and O–H groups in total. The molecule has 7 nitrogen and oxygen atoms in total. The summed E-state index contributed by atoms with van der Waals surface area (Å²) in [6.07, 6.45) is 4.74. The largest absolute Gasteiger partial charge is 0.493 e. The van der Waals surface area contributed by atoms with E-state index in [0.29, 0.717) is 36.1 Å².